The topological polar surface area (TPSA) is 96.3 Å². The van der Waals surface area contributed by atoms with Gasteiger partial charge in [-0.3, -0.25) is 14.5 Å². The van der Waals surface area contributed by atoms with Crippen LogP contribution in [0.15, 0.2) is 72.3 Å². The van der Waals surface area contributed by atoms with Crippen LogP contribution in [0.4, 0.5) is 5.69 Å². The third kappa shape index (κ3) is 4.68. The highest BCUT2D eigenvalue weighted by Crippen LogP contribution is 2.44. The largest absolute Gasteiger partial charge is 0.507 e. The Labute approximate surface area is 207 Å². The summed E-state index contributed by atoms with van der Waals surface area (Å²) in [5.74, 6) is -1.32. The lowest BCUT2D eigenvalue weighted by atomic mass is 9.94. The van der Waals surface area contributed by atoms with Gasteiger partial charge in [-0.2, -0.15) is 0 Å². The van der Waals surface area contributed by atoms with Crippen molar-refractivity contribution in [1.29, 1.82) is 0 Å². The van der Waals surface area contributed by atoms with Crippen LogP contribution in [0.2, 0.25) is 5.02 Å². The van der Waals surface area contributed by atoms with Crippen molar-refractivity contribution in [3.05, 3.63) is 88.5 Å². The number of rotatable bonds is 7. The molecule has 0 bridgehead atoms. The number of amides is 1. The van der Waals surface area contributed by atoms with Gasteiger partial charge in [-0.15, -0.1) is 0 Å². The van der Waals surface area contributed by atoms with Crippen molar-refractivity contribution in [3.63, 3.8) is 0 Å². The molecule has 1 fully saturated rings. The summed E-state index contributed by atoms with van der Waals surface area (Å²) in [5.41, 5.74) is 1.14. The van der Waals surface area contributed by atoms with Gasteiger partial charge in [0.15, 0.2) is 11.5 Å². The molecule has 1 aliphatic rings. The maximum Gasteiger partial charge on any atom is 0.300 e. The Morgan fingerprint density at radius 2 is 1.69 bits per heavy atom. The number of aromatic hydroxyl groups is 1. The Morgan fingerprint density at radius 1 is 0.971 bits per heavy atom. The Bertz CT molecular complexity index is 1300. The van der Waals surface area contributed by atoms with Crippen LogP contribution in [0.5, 0.6) is 17.2 Å². The SMILES string of the molecule is CCOc1cccc(N2C(=O)C(=O)/C(=C(\O)c3ccc(Cl)cc3)C2c2ccc(O)c(OCC)c2)c1. The Morgan fingerprint density at radius 3 is 2.37 bits per heavy atom. The van der Waals surface area contributed by atoms with Gasteiger partial charge in [-0.1, -0.05) is 23.7 Å². The molecule has 1 saturated heterocycles. The van der Waals surface area contributed by atoms with E-state index < -0.39 is 17.7 Å². The third-order valence-electron chi connectivity index (χ3n) is 5.57. The molecule has 2 N–H and O–H groups in total. The summed E-state index contributed by atoms with van der Waals surface area (Å²) in [4.78, 5) is 27.9. The zero-order chi connectivity index (χ0) is 25.1. The minimum absolute atomic E-state index is 0.0800. The quantitative estimate of drug-likeness (QED) is 0.257. The molecule has 3 aromatic carbocycles. The lowest BCUT2D eigenvalue weighted by molar-refractivity contribution is -0.132. The second-order valence-corrected chi connectivity index (χ2v) is 8.20. The summed E-state index contributed by atoms with van der Waals surface area (Å²) in [5, 5.41) is 21.9. The van der Waals surface area contributed by atoms with E-state index in [9.17, 15) is 19.8 Å². The van der Waals surface area contributed by atoms with E-state index in [1.165, 1.54) is 11.0 Å². The van der Waals surface area contributed by atoms with Gasteiger partial charge >= 0.3 is 0 Å². The zero-order valence-corrected chi connectivity index (χ0v) is 20.0. The van der Waals surface area contributed by atoms with Crippen molar-refractivity contribution in [2.45, 2.75) is 19.9 Å². The van der Waals surface area contributed by atoms with Gasteiger partial charge in [0.05, 0.1) is 24.8 Å². The fraction of sp³-hybridized carbons (Fsp3) is 0.185. The molecule has 7 nitrogen and oxygen atoms in total. The molecule has 35 heavy (non-hydrogen) atoms. The number of carbonyl (C=O) groups is 2. The van der Waals surface area contributed by atoms with Crippen molar-refractivity contribution >= 4 is 34.7 Å². The number of hydrogen-bond donors (Lipinski definition) is 2. The van der Waals surface area contributed by atoms with E-state index in [4.69, 9.17) is 21.1 Å². The number of aliphatic hydroxyl groups is 1. The summed E-state index contributed by atoms with van der Waals surface area (Å²) >= 11 is 5.98. The highest BCUT2D eigenvalue weighted by atomic mass is 35.5. The first-order valence-electron chi connectivity index (χ1n) is 11.1. The van der Waals surface area contributed by atoms with Crippen LogP contribution in [0.1, 0.15) is 31.0 Å². The summed E-state index contributed by atoms with van der Waals surface area (Å²) in [7, 11) is 0. The molecule has 1 heterocycles. The molecule has 0 saturated carbocycles. The van der Waals surface area contributed by atoms with Crippen LogP contribution in [-0.2, 0) is 9.59 Å². The van der Waals surface area contributed by atoms with Crippen molar-refractivity contribution in [1.82, 2.24) is 0 Å². The Balaban J connectivity index is 1.94. The molecule has 0 aliphatic carbocycles. The second kappa shape index (κ2) is 10.1. The minimum atomic E-state index is -0.984. The third-order valence-corrected chi connectivity index (χ3v) is 5.82. The van der Waals surface area contributed by atoms with Gasteiger partial charge in [0, 0.05) is 22.3 Å². The van der Waals surface area contributed by atoms with E-state index in [0.29, 0.717) is 40.8 Å². The molecule has 3 aromatic rings. The van der Waals surface area contributed by atoms with Gasteiger partial charge in [0.25, 0.3) is 11.7 Å². The number of phenols is 1. The van der Waals surface area contributed by atoms with Crippen LogP contribution in [0, 0.1) is 0 Å². The number of aliphatic hydroxyl groups excluding tert-OH is 1. The predicted molar refractivity (Wildman–Crippen MR) is 133 cm³/mol. The van der Waals surface area contributed by atoms with Gasteiger partial charge in [0.1, 0.15) is 11.5 Å². The first kappa shape index (κ1) is 24.2. The number of ketones is 1. The molecule has 1 atom stereocenters. The molecule has 0 aromatic heterocycles. The maximum absolute atomic E-state index is 13.3. The standard InChI is InChI=1S/C27H24ClNO6/c1-3-34-20-7-5-6-19(15-20)29-24(17-10-13-21(30)22(14-17)35-4-2)23(26(32)27(29)33)25(31)16-8-11-18(28)12-9-16/h5-15,24,30-31H,3-4H2,1-2H3/b25-23-. The molecule has 1 amide bonds. The average Bonchev–Trinajstić information content (AvgIpc) is 3.11. The number of halogens is 1. The summed E-state index contributed by atoms with van der Waals surface area (Å²) in [6, 6.07) is 16.7. The van der Waals surface area contributed by atoms with Crippen LogP contribution in [0.25, 0.3) is 5.76 Å². The number of hydrogen-bond acceptors (Lipinski definition) is 6. The van der Waals surface area contributed by atoms with Gasteiger partial charge in [-0.05, 0) is 67.9 Å². The number of ether oxygens (including phenoxy) is 2. The highest BCUT2D eigenvalue weighted by molar-refractivity contribution is 6.51. The zero-order valence-electron chi connectivity index (χ0n) is 19.2. The fourth-order valence-corrected chi connectivity index (χ4v) is 4.17. The molecule has 1 unspecified atom stereocenters. The Kier molecular flexibility index (Phi) is 6.98. The number of benzene rings is 3. The van der Waals surface area contributed by atoms with Crippen LogP contribution < -0.4 is 14.4 Å². The molecule has 180 valence electrons. The number of nitrogens with zero attached hydrogens (tertiary/aromatic N) is 1. The number of anilines is 1. The average molecular weight is 494 g/mol. The van der Waals surface area contributed by atoms with Gasteiger partial charge in [-0.25, -0.2) is 0 Å². The molecular weight excluding hydrogens is 470 g/mol. The van der Waals surface area contributed by atoms with Gasteiger partial charge in [0.2, 0.25) is 0 Å². The van der Waals surface area contributed by atoms with Crippen molar-refractivity contribution in [2.75, 3.05) is 18.1 Å². The lowest BCUT2D eigenvalue weighted by Crippen LogP contribution is -2.29. The van der Waals surface area contributed by atoms with Gasteiger partial charge < -0.3 is 19.7 Å². The van der Waals surface area contributed by atoms with Crippen molar-refractivity contribution in [3.8, 4) is 17.2 Å². The molecule has 0 radical (unpaired) electrons. The summed E-state index contributed by atoms with van der Waals surface area (Å²) in [6.07, 6.45) is 0. The van der Waals surface area contributed by atoms with E-state index in [1.807, 2.05) is 6.92 Å². The highest BCUT2D eigenvalue weighted by Gasteiger charge is 2.47. The van der Waals surface area contributed by atoms with Crippen molar-refractivity contribution < 1.29 is 29.3 Å². The molecule has 1 aliphatic heterocycles. The predicted octanol–water partition coefficient (Wildman–Crippen LogP) is 5.47. The first-order valence-corrected chi connectivity index (χ1v) is 11.5. The molecule has 4 rings (SSSR count). The van der Waals surface area contributed by atoms with Crippen LogP contribution in [0.3, 0.4) is 0 Å². The second-order valence-electron chi connectivity index (χ2n) is 7.77. The molecule has 8 heteroatoms. The number of carbonyl (C=O) groups excluding carboxylic acids is 2. The maximum atomic E-state index is 13.3. The lowest BCUT2D eigenvalue weighted by Gasteiger charge is -2.26. The summed E-state index contributed by atoms with van der Waals surface area (Å²) < 4.78 is 11.1. The molecular formula is C27H24ClNO6. The fourth-order valence-electron chi connectivity index (χ4n) is 4.04. The smallest absolute Gasteiger partial charge is 0.300 e. The normalized spacial score (nSPS) is 17.0. The molecule has 0 spiro atoms. The minimum Gasteiger partial charge on any atom is -0.507 e. The van der Waals surface area contributed by atoms with Crippen molar-refractivity contribution in [2.24, 2.45) is 0 Å². The van der Waals surface area contributed by atoms with E-state index in [1.54, 1.807) is 67.6 Å². The monoisotopic (exact) mass is 493 g/mol. The number of phenolic OH excluding ortho intramolecular Hbond substituents is 1. The first-order chi connectivity index (χ1) is 16.8. The van der Waals surface area contributed by atoms with Crippen LogP contribution >= 0.6 is 11.6 Å². The van der Waals surface area contributed by atoms with E-state index in [0.717, 1.165) is 0 Å². The van der Waals surface area contributed by atoms with E-state index in [2.05, 4.69) is 0 Å². The van der Waals surface area contributed by atoms with Crippen LogP contribution in [-0.4, -0.2) is 35.1 Å². The summed E-state index contributed by atoms with van der Waals surface area (Å²) in [6.45, 7) is 4.35. The number of Topliss-reactive ketones (excluding diaryl/α,β-unsaturated/α-hetero) is 1. The van der Waals surface area contributed by atoms with E-state index in [-0.39, 0.29) is 22.8 Å². The Hall–Kier alpha value is -3.97. The van der Waals surface area contributed by atoms with E-state index >= 15 is 0 Å².